The third-order valence-electron chi connectivity index (χ3n) is 9.24. The zero-order valence-corrected chi connectivity index (χ0v) is 38.1. The van der Waals surface area contributed by atoms with Gasteiger partial charge in [-0.25, -0.2) is 8.42 Å². The first-order valence-corrected chi connectivity index (χ1v) is 24.5. The predicted octanol–water partition coefficient (Wildman–Crippen LogP) is 9.42. The number of hydrogen-bond acceptors (Lipinski definition) is 8. The summed E-state index contributed by atoms with van der Waals surface area (Å²) in [4.78, 5) is 15.3. The van der Waals surface area contributed by atoms with Crippen LogP contribution in [0.25, 0.3) is 0 Å². The molecule has 0 aliphatic heterocycles. The molecule has 0 aromatic heterocycles. The van der Waals surface area contributed by atoms with Gasteiger partial charge in [-0.2, -0.15) is 8.42 Å². The fraction of sp³-hybridized carbons (Fsp3) is 0.950. The Morgan fingerprint density at radius 2 is 0.868 bits per heavy atom. The molecule has 0 saturated carbocycles. The number of carbonyl (C=O) groups is 1. The van der Waals surface area contributed by atoms with Gasteiger partial charge in [0.15, 0.2) is 0 Å². The van der Waals surface area contributed by atoms with Gasteiger partial charge in [-0.3, -0.25) is 9.35 Å². The minimum absolute atomic E-state index is 0. The van der Waals surface area contributed by atoms with Crippen LogP contribution in [0.5, 0.6) is 0 Å². The van der Waals surface area contributed by atoms with Gasteiger partial charge in [0.05, 0.1) is 15.9 Å². The monoisotopic (exact) mass is 820 g/mol. The van der Waals surface area contributed by atoms with Gasteiger partial charge in [0.2, 0.25) is 5.91 Å². The zero-order chi connectivity index (χ0) is 39.0. The third kappa shape index (κ3) is 56.4. The third-order valence-corrected chi connectivity index (χ3v) is 10.8. The van der Waals surface area contributed by atoms with Gasteiger partial charge in [-0.15, -0.1) is 0 Å². The molecule has 0 aliphatic carbocycles. The van der Waals surface area contributed by atoms with Gasteiger partial charge in [-0.05, 0) is 38.0 Å². The topological polar surface area (TPSA) is 176 Å². The normalized spacial score (nSPS) is 11.9. The fourth-order valence-corrected chi connectivity index (χ4v) is 7.04. The Kier molecular flexibility index (Phi) is 46.7. The van der Waals surface area contributed by atoms with Crippen molar-refractivity contribution in [2.75, 3.05) is 24.6 Å². The van der Waals surface area contributed by atoms with Crippen LogP contribution in [0, 0.1) is 0 Å². The summed E-state index contributed by atoms with van der Waals surface area (Å²) in [5.74, 6) is -0.944. The number of aliphatic imine (C=N–C) groups is 1. The van der Waals surface area contributed by atoms with Crippen molar-refractivity contribution >= 4 is 69.8 Å². The van der Waals surface area contributed by atoms with E-state index < -0.39 is 26.0 Å². The van der Waals surface area contributed by atoms with E-state index >= 15 is 0 Å². The Morgan fingerprint density at radius 1 is 0.528 bits per heavy atom. The maximum absolute atomic E-state index is 11.6. The molecule has 0 fully saturated rings. The first-order chi connectivity index (χ1) is 24.9. The Labute approximate surface area is 357 Å². The quantitative estimate of drug-likeness (QED) is 0.0204. The molecule has 0 heterocycles. The number of amides is 1. The smallest absolute Gasteiger partial charge is 0.862 e. The summed E-state index contributed by atoms with van der Waals surface area (Å²) in [6.07, 6.45) is 37.3. The molecule has 0 radical (unpaired) electrons. The van der Waals surface area contributed by atoms with Gasteiger partial charge < -0.3 is 20.0 Å². The van der Waals surface area contributed by atoms with Crippen LogP contribution in [0.1, 0.15) is 219 Å². The fourth-order valence-electron chi connectivity index (χ4n) is 6.05. The van der Waals surface area contributed by atoms with Crippen LogP contribution in [0.15, 0.2) is 4.99 Å². The van der Waals surface area contributed by atoms with Crippen LogP contribution in [-0.4, -0.2) is 100 Å². The maximum atomic E-state index is 11.6. The standard InChI is InChI=1S/2C20H41NO4S.Ca/c2*1-2-3-4-5-6-7-8-9-10-11-12-13-14-15-17-20(22)21-18-16-19-26(23,24)25;/h2*2-19H2,1H3,(H,21,22)(H,23,24,25);/q;;+2/p-2. The molecule has 13 heteroatoms. The van der Waals surface area contributed by atoms with E-state index in [0.29, 0.717) is 19.4 Å². The van der Waals surface area contributed by atoms with Crippen molar-refractivity contribution in [1.29, 1.82) is 0 Å². The second kappa shape index (κ2) is 43.1. The Morgan fingerprint density at radius 3 is 1.21 bits per heavy atom. The number of carbonyl (C=O) groups excluding carboxylic acids is 1. The van der Waals surface area contributed by atoms with Crippen LogP contribution in [0.2, 0.25) is 0 Å². The molecule has 10 nitrogen and oxygen atoms in total. The van der Waals surface area contributed by atoms with Gasteiger partial charge >= 0.3 is 37.7 Å². The van der Waals surface area contributed by atoms with Crippen LogP contribution >= 0.6 is 0 Å². The average Bonchev–Trinajstić information content (AvgIpc) is 3.08. The molecule has 1 amide bonds. The van der Waals surface area contributed by atoms with E-state index in [1.807, 2.05) is 0 Å². The molecular weight excluding hydrogens is 741 g/mol. The largest absolute Gasteiger partial charge is 2.00 e. The van der Waals surface area contributed by atoms with E-state index in [0.717, 1.165) is 25.7 Å². The second-order valence-corrected chi connectivity index (χ2v) is 17.7. The van der Waals surface area contributed by atoms with Crippen LogP contribution in [-0.2, 0) is 25.0 Å². The number of nitrogens with zero attached hydrogens (tertiary/aromatic N) is 1. The molecule has 0 rings (SSSR count). The van der Waals surface area contributed by atoms with E-state index in [1.165, 1.54) is 154 Å². The van der Waals surface area contributed by atoms with Crippen molar-refractivity contribution in [2.45, 2.75) is 219 Å². The molecule has 53 heavy (non-hydrogen) atoms. The summed E-state index contributed by atoms with van der Waals surface area (Å²) in [6, 6.07) is 0. The van der Waals surface area contributed by atoms with Gasteiger partial charge in [0, 0.05) is 25.3 Å². The summed E-state index contributed by atoms with van der Waals surface area (Å²) >= 11 is 0. The molecular formula is C40H80CaN2O8S2. The molecule has 312 valence electrons. The molecule has 0 spiro atoms. The van der Waals surface area contributed by atoms with E-state index in [1.54, 1.807) is 0 Å². The number of unbranched alkanes of at least 4 members (excludes halogenated alkanes) is 26. The number of rotatable bonds is 38. The Hall–Kier alpha value is 0.0197. The van der Waals surface area contributed by atoms with Crippen molar-refractivity contribution in [1.82, 2.24) is 5.32 Å². The van der Waals surface area contributed by atoms with Crippen molar-refractivity contribution < 1.29 is 35.8 Å². The van der Waals surface area contributed by atoms with Crippen LogP contribution in [0.3, 0.4) is 0 Å². The molecule has 0 atom stereocenters. The summed E-state index contributed by atoms with van der Waals surface area (Å²) in [7, 11) is -8.10. The van der Waals surface area contributed by atoms with Crippen molar-refractivity contribution in [2.24, 2.45) is 4.99 Å². The Balaban J connectivity index is -0.000000926. The molecule has 0 bridgehead atoms. The van der Waals surface area contributed by atoms with Crippen molar-refractivity contribution in [3.8, 4) is 0 Å². The van der Waals surface area contributed by atoms with Crippen molar-refractivity contribution in [3.05, 3.63) is 0 Å². The first-order valence-electron chi connectivity index (χ1n) is 21.3. The molecule has 0 unspecified atom stereocenters. The van der Waals surface area contributed by atoms with Gasteiger partial charge in [-0.1, -0.05) is 181 Å². The number of hydrogen-bond donors (Lipinski definition) is 2. The average molecular weight is 821 g/mol. The molecule has 2 N–H and O–H groups in total. The predicted molar refractivity (Wildman–Crippen MR) is 221 cm³/mol. The molecule has 0 saturated heterocycles. The first kappa shape index (κ1) is 57.3. The van der Waals surface area contributed by atoms with Gasteiger partial charge in [0.1, 0.15) is 0 Å². The van der Waals surface area contributed by atoms with Crippen LogP contribution in [0.4, 0.5) is 0 Å². The van der Waals surface area contributed by atoms with E-state index in [4.69, 9.17) is 4.55 Å². The summed E-state index contributed by atoms with van der Waals surface area (Å²) in [6.45, 7) is 4.95. The molecule has 0 aromatic carbocycles. The van der Waals surface area contributed by atoms with Crippen molar-refractivity contribution in [3.63, 3.8) is 0 Å². The zero-order valence-electron chi connectivity index (χ0n) is 34.2. The Bertz CT molecular complexity index is 1030. The maximum Gasteiger partial charge on any atom is 2.00 e. The molecule has 0 aromatic rings. The van der Waals surface area contributed by atoms with Gasteiger partial charge in [0.25, 0.3) is 10.1 Å². The van der Waals surface area contributed by atoms with E-state index in [2.05, 4.69) is 24.2 Å². The van der Waals surface area contributed by atoms with Crippen LogP contribution < -0.4 is 10.4 Å². The summed E-state index contributed by atoms with van der Waals surface area (Å²) in [5.41, 5.74) is 0. The summed E-state index contributed by atoms with van der Waals surface area (Å²) < 4.78 is 60.9. The second-order valence-electron chi connectivity index (χ2n) is 14.6. The van der Waals surface area contributed by atoms with E-state index in [-0.39, 0.29) is 74.7 Å². The summed E-state index contributed by atoms with van der Waals surface area (Å²) in [5, 5.41) is 14.2. The number of nitrogens with one attached hydrogen (secondary N) is 1. The van der Waals surface area contributed by atoms with E-state index in [9.17, 15) is 31.3 Å². The minimum Gasteiger partial charge on any atom is -0.862 e. The molecule has 0 aliphatic rings. The SMILES string of the molecule is CCCCCCCCCCCCCCCCC(=O)NCCCS(=O)(=O)O.CCCCCCCCCCCCCCCCC([O-])=NCCCS(=O)(=O)[O-].[Ca+2]. The minimum atomic E-state index is -4.19.